The first-order valence-electron chi connectivity index (χ1n) is 8.74. The quantitative estimate of drug-likeness (QED) is 0.587. The number of aryl methyl sites for hydroxylation is 1. The molecule has 0 aliphatic carbocycles. The van der Waals surface area contributed by atoms with Crippen LogP contribution in [0.25, 0.3) is 16.9 Å². The molecule has 0 atom stereocenters. The van der Waals surface area contributed by atoms with Gasteiger partial charge in [0.1, 0.15) is 0 Å². The van der Waals surface area contributed by atoms with E-state index in [4.69, 9.17) is 0 Å². The number of carbonyl (C=O) groups excluding carboxylic acids is 1. The number of carboxylic acid groups (broad SMARTS) is 1. The number of anilines is 1. The van der Waals surface area contributed by atoms with Gasteiger partial charge in [-0.2, -0.15) is 13.2 Å². The van der Waals surface area contributed by atoms with E-state index < -0.39 is 18.6 Å². The number of hydrogen-bond donors (Lipinski definition) is 2. The first-order chi connectivity index (χ1) is 13.6. The highest BCUT2D eigenvalue weighted by Gasteiger charge is 2.26. The highest BCUT2D eigenvalue weighted by molar-refractivity contribution is 5.96. The number of aromatic nitrogens is 2. The standard InChI is InChI=1S/C20H18F3N3O3/c1-11-7-13(3-4-15(11)19(28)29)17-9-25-18-16(24-6-5-20(21,22)23)8-14(12(2)27)10-26(17)18/h3-4,7-10,24H,5-6H2,1-2H3,(H,28,29). The van der Waals surface area contributed by atoms with Crippen molar-refractivity contribution >= 4 is 23.1 Å². The van der Waals surface area contributed by atoms with Crippen molar-refractivity contribution in [1.82, 2.24) is 9.38 Å². The zero-order valence-corrected chi connectivity index (χ0v) is 15.7. The van der Waals surface area contributed by atoms with E-state index in [0.29, 0.717) is 33.7 Å². The van der Waals surface area contributed by atoms with Crippen molar-refractivity contribution in [1.29, 1.82) is 0 Å². The fraction of sp³-hybridized carbons (Fsp3) is 0.250. The van der Waals surface area contributed by atoms with Crippen molar-refractivity contribution in [3.63, 3.8) is 0 Å². The lowest BCUT2D eigenvalue weighted by Gasteiger charge is -2.12. The molecule has 0 unspecified atom stereocenters. The van der Waals surface area contributed by atoms with E-state index in [-0.39, 0.29) is 17.9 Å². The number of nitrogens with one attached hydrogen (secondary N) is 1. The van der Waals surface area contributed by atoms with Crippen LogP contribution in [0.4, 0.5) is 18.9 Å². The second kappa shape index (κ2) is 7.57. The average Bonchev–Trinajstić information content (AvgIpc) is 3.04. The SMILES string of the molecule is CC(=O)c1cc(NCCC(F)(F)F)c2ncc(-c3ccc(C(=O)O)c(C)c3)n2c1. The molecule has 0 saturated carbocycles. The molecule has 0 spiro atoms. The Morgan fingerprint density at radius 2 is 1.97 bits per heavy atom. The number of fused-ring (bicyclic) bond motifs is 1. The van der Waals surface area contributed by atoms with Crippen LogP contribution in [0.1, 0.15) is 39.6 Å². The summed E-state index contributed by atoms with van der Waals surface area (Å²) in [6.07, 6.45) is -2.23. The van der Waals surface area contributed by atoms with Crippen molar-refractivity contribution < 1.29 is 27.9 Å². The van der Waals surface area contributed by atoms with Crippen molar-refractivity contribution in [2.75, 3.05) is 11.9 Å². The lowest BCUT2D eigenvalue weighted by molar-refractivity contribution is -0.131. The van der Waals surface area contributed by atoms with Gasteiger partial charge >= 0.3 is 12.1 Å². The molecule has 0 bridgehead atoms. The number of hydrogen-bond acceptors (Lipinski definition) is 4. The van der Waals surface area contributed by atoms with Crippen LogP contribution < -0.4 is 5.32 Å². The summed E-state index contributed by atoms with van der Waals surface area (Å²) >= 11 is 0. The van der Waals surface area contributed by atoms with Crippen LogP contribution in [-0.4, -0.2) is 39.0 Å². The molecule has 6 nitrogen and oxygen atoms in total. The largest absolute Gasteiger partial charge is 0.478 e. The van der Waals surface area contributed by atoms with Gasteiger partial charge in [0.2, 0.25) is 0 Å². The summed E-state index contributed by atoms with van der Waals surface area (Å²) in [5, 5.41) is 11.9. The maximum atomic E-state index is 12.5. The molecule has 0 fully saturated rings. The molecule has 29 heavy (non-hydrogen) atoms. The van der Waals surface area contributed by atoms with Crippen molar-refractivity contribution in [2.24, 2.45) is 0 Å². The van der Waals surface area contributed by atoms with Crippen LogP contribution in [0.2, 0.25) is 0 Å². The first-order valence-corrected chi connectivity index (χ1v) is 8.74. The molecule has 0 radical (unpaired) electrons. The van der Waals surface area contributed by atoms with E-state index in [2.05, 4.69) is 10.3 Å². The third kappa shape index (κ3) is 4.39. The number of carbonyl (C=O) groups is 2. The second-order valence-electron chi connectivity index (χ2n) is 6.66. The normalized spacial score (nSPS) is 11.6. The van der Waals surface area contributed by atoms with E-state index in [1.807, 2.05) is 0 Å². The van der Waals surface area contributed by atoms with Gasteiger partial charge in [-0.3, -0.25) is 9.20 Å². The third-order valence-corrected chi connectivity index (χ3v) is 4.49. The third-order valence-electron chi connectivity index (χ3n) is 4.49. The molecule has 3 rings (SSSR count). The van der Waals surface area contributed by atoms with Crippen molar-refractivity contribution in [2.45, 2.75) is 26.4 Å². The zero-order chi connectivity index (χ0) is 21.3. The number of imidazole rings is 1. The van der Waals surface area contributed by atoms with Crippen LogP contribution in [0.3, 0.4) is 0 Å². The maximum Gasteiger partial charge on any atom is 0.390 e. The van der Waals surface area contributed by atoms with Gasteiger partial charge in [-0.25, -0.2) is 9.78 Å². The Bertz CT molecular complexity index is 1100. The van der Waals surface area contributed by atoms with Gasteiger partial charge in [0.15, 0.2) is 11.4 Å². The first kappa shape index (κ1) is 20.4. The maximum absolute atomic E-state index is 12.5. The number of aromatic carboxylic acids is 1. The summed E-state index contributed by atoms with van der Waals surface area (Å²) in [6, 6.07) is 6.26. The van der Waals surface area contributed by atoms with E-state index in [9.17, 15) is 27.9 Å². The van der Waals surface area contributed by atoms with Gasteiger partial charge in [-0.1, -0.05) is 6.07 Å². The molecule has 2 N–H and O–H groups in total. The van der Waals surface area contributed by atoms with Gasteiger partial charge < -0.3 is 10.4 Å². The fourth-order valence-corrected chi connectivity index (χ4v) is 3.03. The molecule has 2 aromatic heterocycles. The molecule has 152 valence electrons. The predicted molar refractivity (Wildman–Crippen MR) is 101 cm³/mol. The number of ketones is 1. The Morgan fingerprint density at radius 3 is 2.55 bits per heavy atom. The highest BCUT2D eigenvalue weighted by atomic mass is 19.4. The summed E-state index contributed by atoms with van der Waals surface area (Å²) in [7, 11) is 0. The van der Waals surface area contributed by atoms with Crippen LogP contribution in [0.5, 0.6) is 0 Å². The highest BCUT2D eigenvalue weighted by Crippen LogP contribution is 2.28. The molecule has 9 heteroatoms. The molecule has 1 aromatic carbocycles. The van der Waals surface area contributed by atoms with Crippen LogP contribution >= 0.6 is 0 Å². The monoisotopic (exact) mass is 405 g/mol. The number of benzene rings is 1. The molecule has 2 heterocycles. The molecule has 3 aromatic rings. The molecule has 0 aliphatic rings. The Labute approximate surface area is 164 Å². The fourth-order valence-electron chi connectivity index (χ4n) is 3.03. The lowest BCUT2D eigenvalue weighted by Crippen LogP contribution is -2.15. The van der Waals surface area contributed by atoms with E-state index in [1.54, 1.807) is 29.7 Å². The number of pyridine rings is 1. The molecular weight excluding hydrogens is 387 g/mol. The Balaban J connectivity index is 2.07. The van der Waals surface area contributed by atoms with Gasteiger partial charge in [-0.15, -0.1) is 0 Å². The number of rotatable bonds is 6. The molecule has 0 saturated heterocycles. The minimum absolute atomic E-state index is 0.168. The molecular formula is C20H18F3N3O3. The smallest absolute Gasteiger partial charge is 0.390 e. The Hall–Kier alpha value is -3.36. The van der Waals surface area contributed by atoms with Gasteiger partial charge in [0.05, 0.1) is 29.6 Å². The summed E-state index contributed by atoms with van der Waals surface area (Å²) in [4.78, 5) is 27.4. The number of nitrogens with zero attached hydrogens (tertiary/aromatic N) is 2. The Morgan fingerprint density at radius 1 is 1.24 bits per heavy atom. The summed E-state index contributed by atoms with van der Waals surface area (Å²) in [5.41, 5.74) is 2.96. The minimum Gasteiger partial charge on any atom is -0.478 e. The summed E-state index contributed by atoms with van der Waals surface area (Å²) in [5.74, 6) is -1.29. The van der Waals surface area contributed by atoms with Gasteiger partial charge in [0, 0.05) is 23.9 Å². The molecule has 0 amide bonds. The van der Waals surface area contributed by atoms with Gasteiger partial charge in [0.25, 0.3) is 0 Å². The van der Waals surface area contributed by atoms with Crippen LogP contribution in [0, 0.1) is 6.92 Å². The van der Waals surface area contributed by atoms with E-state index in [1.165, 1.54) is 25.3 Å². The van der Waals surface area contributed by atoms with E-state index >= 15 is 0 Å². The Kier molecular flexibility index (Phi) is 5.32. The zero-order valence-electron chi connectivity index (χ0n) is 15.7. The van der Waals surface area contributed by atoms with Crippen molar-refractivity contribution in [3.05, 3.63) is 53.3 Å². The number of alkyl halides is 3. The van der Waals surface area contributed by atoms with Crippen LogP contribution in [0.15, 0.2) is 36.7 Å². The number of Topliss-reactive ketones (excluding diaryl/α,β-unsaturated/α-hetero) is 1. The van der Waals surface area contributed by atoms with Crippen LogP contribution in [-0.2, 0) is 0 Å². The number of halogens is 3. The average molecular weight is 405 g/mol. The molecule has 0 aliphatic heterocycles. The van der Waals surface area contributed by atoms with Crippen molar-refractivity contribution in [3.8, 4) is 11.3 Å². The van der Waals surface area contributed by atoms with E-state index in [0.717, 1.165) is 0 Å². The minimum atomic E-state index is -4.30. The predicted octanol–water partition coefficient (Wildman–Crippen LogP) is 4.57. The lowest BCUT2D eigenvalue weighted by atomic mass is 10.0. The summed E-state index contributed by atoms with van der Waals surface area (Å²) < 4.78 is 39.0. The second-order valence-corrected chi connectivity index (χ2v) is 6.66. The topological polar surface area (TPSA) is 83.7 Å². The van der Waals surface area contributed by atoms with Gasteiger partial charge in [-0.05, 0) is 37.6 Å². The summed E-state index contributed by atoms with van der Waals surface area (Å²) in [6.45, 7) is 2.68. The number of carboxylic acids is 1.